The Morgan fingerprint density at radius 2 is 1.92 bits per heavy atom. The highest BCUT2D eigenvalue weighted by molar-refractivity contribution is 7.17. The van der Waals surface area contributed by atoms with E-state index in [1.54, 1.807) is 0 Å². The summed E-state index contributed by atoms with van der Waals surface area (Å²) in [5.74, 6) is 0.323. The summed E-state index contributed by atoms with van der Waals surface area (Å²) < 4.78 is 0. The highest BCUT2D eigenvalue weighted by Crippen LogP contribution is 2.39. The summed E-state index contributed by atoms with van der Waals surface area (Å²) in [6, 6.07) is 0. The quantitative estimate of drug-likeness (QED) is 0.678. The topological polar surface area (TPSA) is 78.1 Å². The van der Waals surface area contributed by atoms with Gasteiger partial charge < -0.3 is 17.2 Å². The van der Waals surface area contributed by atoms with Crippen LogP contribution in [0.2, 0.25) is 0 Å². The Labute approximate surface area is 82.2 Å². The molecule has 0 unspecified atom stereocenters. The van der Waals surface area contributed by atoms with Crippen molar-refractivity contribution in [3.63, 3.8) is 0 Å². The van der Waals surface area contributed by atoms with Gasteiger partial charge in [0, 0.05) is 11.3 Å². The van der Waals surface area contributed by atoms with Gasteiger partial charge in [-0.05, 0) is 5.92 Å². The van der Waals surface area contributed by atoms with Gasteiger partial charge in [-0.25, -0.2) is 0 Å². The Bertz CT molecular complexity index is 339. The second-order valence-electron chi connectivity index (χ2n) is 3.30. The zero-order valence-corrected chi connectivity index (χ0v) is 8.74. The average molecular weight is 197 g/mol. The van der Waals surface area contributed by atoms with E-state index in [1.807, 2.05) is 0 Å². The minimum atomic E-state index is 0.323. The van der Waals surface area contributed by atoms with Gasteiger partial charge in [0.1, 0.15) is 0 Å². The molecule has 13 heavy (non-hydrogen) atoms. The third kappa shape index (κ3) is 1.62. The molecule has 0 atom stereocenters. The zero-order valence-electron chi connectivity index (χ0n) is 7.92. The Kier molecular flexibility index (Phi) is 2.52. The number of hydrogen-bond donors (Lipinski definition) is 3. The van der Waals surface area contributed by atoms with Crippen molar-refractivity contribution in [3.8, 4) is 0 Å². The van der Waals surface area contributed by atoms with Crippen LogP contribution in [0.15, 0.2) is 6.58 Å². The van der Waals surface area contributed by atoms with E-state index in [0.29, 0.717) is 17.3 Å². The summed E-state index contributed by atoms with van der Waals surface area (Å²) in [5.41, 5.74) is 19.5. The fourth-order valence-corrected chi connectivity index (χ4v) is 2.34. The van der Waals surface area contributed by atoms with Gasteiger partial charge in [-0.15, -0.1) is 11.3 Å². The van der Waals surface area contributed by atoms with Gasteiger partial charge in [-0.2, -0.15) is 0 Å². The molecule has 0 fully saturated rings. The Morgan fingerprint density at radius 3 is 2.15 bits per heavy atom. The van der Waals surface area contributed by atoms with Crippen molar-refractivity contribution in [2.45, 2.75) is 19.8 Å². The maximum Gasteiger partial charge on any atom is 0.0920 e. The number of hydrogen-bond acceptors (Lipinski definition) is 4. The molecule has 1 rings (SSSR count). The van der Waals surface area contributed by atoms with Crippen molar-refractivity contribution in [1.29, 1.82) is 0 Å². The SMILES string of the molecule is C=C(N)c1sc(N)c(C(C)C)c1N. The molecule has 0 aliphatic carbocycles. The number of rotatable bonds is 2. The van der Waals surface area contributed by atoms with Crippen molar-refractivity contribution >= 4 is 27.7 Å². The molecular weight excluding hydrogens is 182 g/mol. The van der Waals surface area contributed by atoms with E-state index in [1.165, 1.54) is 11.3 Å². The van der Waals surface area contributed by atoms with Crippen LogP contribution >= 0.6 is 11.3 Å². The lowest BCUT2D eigenvalue weighted by Crippen LogP contribution is -1.99. The standard InChI is InChI=1S/C9H15N3S/c1-4(2)6-7(11)8(5(3)10)13-9(6)12/h4H,3,10-12H2,1-2H3. The van der Waals surface area contributed by atoms with E-state index in [-0.39, 0.29) is 0 Å². The first-order valence-corrected chi connectivity index (χ1v) is 4.89. The zero-order chi connectivity index (χ0) is 10.2. The van der Waals surface area contributed by atoms with Gasteiger partial charge in [-0.3, -0.25) is 0 Å². The third-order valence-electron chi connectivity index (χ3n) is 1.88. The molecule has 6 N–H and O–H groups in total. The highest BCUT2D eigenvalue weighted by atomic mass is 32.1. The monoisotopic (exact) mass is 197 g/mol. The van der Waals surface area contributed by atoms with E-state index >= 15 is 0 Å². The van der Waals surface area contributed by atoms with E-state index < -0.39 is 0 Å². The van der Waals surface area contributed by atoms with E-state index in [2.05, 4.69) is 20.4 Å². The average Bonchev–Trinajstić information content (AvgIpc) is 2.26. The fourth-order valence-electron chi connectivity index (χ4n) is 1.31. The minimum absolute atomic E-state index is 0.323. The number of anilines is 2. The summed E-state index contributed by atoms with van der Waals surface area (Å²) in [4.78, 5) is 0.807. The first kappa shape index (κ1) is 9.92. The van der Waals surface area contributed by atoms with Crippen LogP contribution in [0.1, 0.15) is 30.2 Å². The molecule has 1 aromatic heterocycles. The third-order valence-corrected chi connectivity index (χ3v) is 3.01. The van der Waals surface area contributed by atoms with Gasteiger partial charge >= 0.3 is 0 Å². The van der Waals surface area contributed by atoms with Gasteiger partial charge in [-0.1, -0.05) is 20.4 Å². The largest absolute Gasteiger partial charge is 0.398 e. The van der Waals surface area contributed by atoms with E-state index in [4.69, 9.17) is 17.2 Å². The smallest absolute Gasteiger partial charge is 0.0920 e. The van der Waals surface area contributed by atoms with Crippen molar-refractivity contribution < 1.29 is 0 Å². The molecule has 0 spiro atoms. The fraction of sp³-hybridized carbons (Fsp3) is 0.333. The van der Waals surface area contributed by atoms with Crippen molar-refractivity contribution in [2.24, 2.45) is 5.73 Å². The number of thiophene rings is 1. The molecule has 0 amide bonds. The molecule has 3 nitrogen and oxygen atoms in total. The predicted octanol–water partition coefficient (Wildman–Crippen LogP) is 1.97. The molecular formula is C9H15N3S. The van der Waals surface area contributed by atoms with Crippen molar-refractivity contribution in [2.75, 3.05) is 11.5 Å². The van der Waals surface area contributed by atoms with E-state index in [9.17, 15) is 0 Å². The summed E-state index contributed by atoms with van der Waals surface area (Å²) in [6.07, 6.45) is 0. The van der Waals surface area contributed by atoms with Gasteiger partial charge in [0.25, 0.3) is 0 Å². The molecule has 0 bridgehead atoms. The Balaban J connectivity index is 3.30. The van der Waals surface area contributed by atoms with Gasteiger partial charge in [0.15, 0.2) is 0 Å². The normalized spacial score (nSPS) is 10.7. The minimum Gasteiger partial charge on any atom is -0.398 e. The summed E-state index contributed by atoms with van der Waals surface area (Å²) >= 11 is 1.41. The molecule has 0 saturated carbocycles. The molecule has 1 heterocycles. The lowest BCUT2D eigenvalue weighted by Gasteiger charge is -2.05. The van der Waals surface area contributed by atoms with Crippen LogP contribution in [0.3, 0.4) is 0 Å². The Hall–Kier alpha value is -1.16. The highest BCUT2D eigenvalue weighted by Gasteiger charge is 2.16. The maximum atomic E-state index is 5.90. The Morgan fingerprint density at radius 1 is 1.38 bits per heavy atom. The van der Waals surface area contributed by atoms with Crippen LogP contribution in [0.25, 0.3) is 5.70 Å². The summed E-state index contributed by atoms with van der Waals surface area (Å²) in [5, 5.41) is 0.745. The molecule has 0 aliphatic rings. The van der Waals surface area contributed by atoms with Crippen LogP contribution in [0.5, 0.6) is 0 Å². The van der Waals surface area contributed by atoms with Gasteiger partial charge in [0.2, 0.25) is 0 Å². The molecule has 1 aromatic rings. The first-order chi connectivity index (χ1) is 5.95. The van der Waals surface area contributed by atoms with Crippen LogP contribution in [0, 0.1) is 0 Å². The lowest BCUT2D eigenvalue weighted by atomic mass is 10.0. The van der Waals surface area contributed by atoms with Crippen molar-refractivity contribution in [1.82, 2.24) is 0 Å². The van der Waals surface area contributed by atoms with E-state index in [0.717, 1.165) is 15.4 Å². The van der Waals surface area contributed by atoms with Crippen LogP contribution < -0.4 is 17.2 Å². The molecule has 0 saturated heterocycles. The number of nitrogens with two attached hydrogens (primary N) is 3. The molecule has 0 radical (unpaired) electrons. The first-order valence-electron chi connectivity index (χ1n) is 4.07. The summed E-state index contributed by atoms with van der Waals surface area (Å²) in [7, 11) is 0. The second kappa shape index (κ2) is 3.30. The molecule has 0 aliphatic heterocycles. The molecule has 72 valence electrons. The maximum absolute atomic E-state index is 5.90. The lowest BCUT2D eigenvalue weighted by molar-refractivity contribution is 0.877. The number of nitrogen functional groups attached to an aromatic ring is 2. The molecule has 4 heteroatoms. The van der Waals surface area contributed by atoms with Crippen LogP contribution in [-0.4, -0.2) is 0 Å². The van der Waals surface area contributed by atoms with Crippen LogP contribution in [0.4, 0.5) is 10.7 Å². The van der Waals surface area contributed by atoms with Crippen molar-refractivity contribution in [3.05, 3.63) is 17.0 Å². The van der Waals surface area contributed by atoms with Gasteiger partial charge in [0.05, 0.1) is 15.6 Å². The predicted molar refractivity (Wildman–Crippen MR) is 60.5 cm³/mol. The van der Waals surface area contributed by atoms with Crippen LogP contribution in [-0.2, 0) is 0 Å². The molecule has 0 aromatic carbocycles. The summed E-state index contributed by atoms with van der Waals surface area (Å²) in [6.45, 7) is 7.76. The second-order valence-corrected chi connectivity index (χ2v) is 4.35.